The number of carbonyl (C=O) groups excluding carboxylic acids is 2. The molecular weight excluding hydrogens is 496 g/mol. The van der Waals surface area contributed by atoms with Gasteiger partial charge in [0.25, 0.3) is 0 Å². The number of benzene rings is 2. The maximum atomic E-state index is 14.2. The summed E-state index contributed by atoms with van der Waals surface area (Å²) in [5.74, 6) is 1.02. The molecule has 6 heteroatoms. The topological polar surface area (TPSA) is 69.9 Å². The molecule has 5 rings (SSSR count). The van der Waals surface area contributed by atoms with E-state index in [2.05, 4.69) is 45.0 Å². The van der Waals surface area contributed by atoms with Crippen LogP contribution in [-0.2, 0) is 11.2 Å². The van der Waals surface area contributed by atoms with Crippen LogP contribution >= 0.6 is 0 Å². The van der Waals surface area contributed by atoms with Gasteiger partial charge in [-0.3, -0.25) is 19.4 Å². The molecule has 40 heavy (non-hydrogen) atoms. The number of primary amides is 1. The Labute approximate surface area is 240 Å². The van der Waals surface area contributed by atoms with Crippen molar-refractivity contribution in [2.24, 2.45) is 11.7 Å². The Balaban J connectivity index is 1.27. The SMILES string of the molecule is CN(C)[C@@H](Cc1ccccc1)C(=O)N(CCN1[C@@H]2CC[C@H]1C[C@@H](c1cccc(C(N)=O)c1)C2)CC1CCCCC1. The molecule has 2 aromatic rings. The number of likely N-dealkylation sites (N-methyl/N-ethyl adjacent to an activating group) is 1. The predicted molar refractivity (Wildman–Crippen MR) is 161 cm³/mol. The largest absolute Gasteiger partial charge is 0.366 e. The first kappa shape index (κ1) is 28.8. The first-order chi connectivity index (χ1) is 19.4. The number of hydrogen-bond acceptors (Lipinski definition) is 4. The van der Waals surface area contributed by atoms with E-state index < -0.39 is 0 Å². The summed E-state index contributed by atoms with van der Waals surface area (Å²) in [5.41, 5.74) is 8.63. The fourth-order valence-electron chi connectivity index (χ4n) is 7.61. The Morgan fingerprint density at radius 2 is 1.62 bits per heavy atom. The Morgan fingerprint density at radius 3 is 2.27 bits per heavy atom. The van der Waals surface area contributed by atoms with Crippen molar-refractivity contribution in [1.29, 1.82) is 0 Å². The van der Waals surface area contributed by atoms with E-state index in [4.69, 9.17) is 5.73 Å². The fraction of sp³-hybridized carbons (Fsp3) is 0.588. The van der Waals surface area contributed by atoms with Gasteiger partial charge in [0.1, 0.15) is 0 Å². The molecule has 3 fully saturated rings. The molecule has 2 bridgehead atoms. The van der Waals surface area contributed by atoms with Gasteiger partial charge in [0.2, 0.25) is 11.8 Å². The monoisotopic (exact) mass is 544 g/mol. The van der Waals surface area contributed by atoms with E-state index in [1.165, 1.54) is 56.1 Å². The van der Waals surface area contributed by atoms with E-state index in [-0.39, 0.29) is 17.9 Å². The van der Waals surface area contributed by atoms with Gasteiger partial charge in [-0.15, -0.1) is 0 Å². The normalized spacial score (nSPS) is 24.2. The molecule has 2 N–H and O–H groups in total. The van der Waals surface area contributed by atoms with E-state index in [0.717, 1.165) is 38.9 Å². The third-order valence-corrected chi connectivity index (χ3v) is 9.85. The second-order valence-corrected chi connectivity index (χ2v) is 12.7. The summed E-state index contributed by atoms with van der Waals surface area (Å²) in [4.78, 5) is 33.0. The van der Waals surface area contributed by atoms with E-state index in [1.807, 2.05) is 38.4 Å². The molecule has 1 saturated carbocycles. The number of piperidine rings is 1. The molecule has 0 unspecified atom stereocenters. The van der Waals surface area contributed by atoms with E-state index in [1.54, 1.807) is 0 Å². The van der Waals surface area contributed by atoms with Gasteiger partial charge in [-0.25, -0.2) is 0 Å². The van der Waals surface area contributed by atoms with Gasteiger partial charge in [0.05, 0.1) is 6.04 Å². The Bertz CT molecular complexity index is 1120. The molecule has 0 spiro atoms. The van der Waals surface area contributed by atoms with Gasteiger partial charge in [0.15, 0.2) is 0 Å². The van der Waals surface area contributed by atoms with Crippen molar-refractivity contribution < 1.29 is 9.59 Å². The average Bonchev–Trinajstić information content (AvgIpc) is 3.20. The lowest BCUT2D eigenvalue weighted by Crippen LogP contribution is -2.52. The molecule has 4 atom stereocenters. The molecule has 0 aromatic heterocycles. The van der Waals surface area contributed by atoms with Gasteiger partial charge in [-0.2, -0.15) is 0 Å². The highest BCUT2D eigenvalue weighted by atomic mass is 16.2. The summed E-state index contributed by atoms with van der Waals surface area (Å²) in [5, 5.41) is 0. The quantitative estimate of drug-likeness (QED) is 0.429. The third-order valence-electron chi connectivity index (χ3n) is 9.85. The molecular formula is C34H48N4O2. The highest BCUT2D eigenvalue weighted by Crippen LogP contribution is 2.43. The number of rotatable bonds is 11. The van der Waals surface area contributed by atoms with Crippen LogP contribution in [0.25, 0.3) is 0 Å². The van der Waals surface area contributed by atoms with E-state index in [9.17, 15) is 9.59 Å². The van der Waals surface area contributed by atoms with Gasteiger partial charge in [-0.1, -0.05) is 61.7 Å². The van der Waals surface area contributed by atoms with Crippen molar-refractivity contribution in [2.45, 2.75) is 88.3 Å². The van der Waals surface area contributed by atoms with Gasteiger partial charge >= 0.3 is 0 Å². The maximum absolute atomic E-state index is 14.2. The first-order valence-electron chi connectivity index (χ1n) is 15.5. The zero-order chi connectivity index (χ0) is 28.1. The number of carbonyl (C=O) groups is 2. The van der Waals surface area contributed by atoms with Crippen molar-refractivity contribution in [1.82, 2.24) is 14.7 Å². The highest BCUT2D eigenvalue weighted by molar-refractivity contribution is 5.92. The van der Waals surface area contributed by atoms with Crippen LogP contribution < -0.4 is 5.73 Å². The molecule has 216 valence electrons. The molecule has 3 aliphatic rings. The van der Waals surface area contributed by atoms with Crippen LogP contribution in [0, 0.1) is 5.92 Å². The molecule has 6 nitrogen and oxygen atoms in total. The van der Waals surface area contributed by atoms with Crippen LogP contribution in [0.2, 0.25) is 0 Å². The van der Waals surface area contributed by atoms with Gasteiger partial charge < -0.3 is 10.6 Å². The van der Waals surface area contributed by atoms with Crippen LogP contribution in [0.1, 0.15) is 85.2 Å². The number of hydrogen-bond donors (Lipinski definition) is 1. The molecule has 2 saturated heterocycles. The molecule has 1 aliphatic carbocycles. The maximum Gasteiger partial charge on any atom is 0.248 e. The van der Waals surface area contributed by atoms with Crippen LogP contribution in [0.15, 0.2) is 54.6 Å². The van der Waals surface area contributed by atoms with Crippen LogP contribution in [-0.4, -0.2) is 78.4 Å². The van der Waals surface area contributed by atoms with E-state index in [0.29, 0.717) is 29.5 Å². The van der Waals surface area contributed by atoms with Crippen molar-refractivity contribution in [3.63, 3.8) is 0 Å². The van der Waals surface area contributed by atoms with Crippen molar-refractivity contribution in [2.75, 3.05) is 33.7 Å². The Hall–Kier alpha value is -2.70. The van der Waals surface area contributed by atoms with Crippen molar-refractivity contribution >= 4 is 11.8 Å². The standard InChI is InChI=1S/C34H48N4O2/c1-36(2)32(20-25-10-5-3-6-11-25)34(40)37(24-26-12-7-4-8-13-26)18-19-38-30-16-17-31(38)23-29(22-30)27-14-9-15-28(21-27)33(35)39/h3,5-6,9-11,14-15,21,26,29-32H,4,7-8,12-13,16-20,22-24H2,1-2H3,(H2,35,39)/t29-,30+,31-,32-/m0/s1. The number of nitrogens with zero attached hydrogens (tertiary/aromatic N) is 3. The molecule has 2 heterocycles. The Kier molecular flexibility index (Phi) is 9.59. The fourth-order valence-corrected chi connectivity index (χ4v) is 7.61. The predicted octanol–water partition coefficient (Wildman–Crippen LogP) is 5.08. The molecule has 2 aliphatic heterocycles. The second-order valence-electron chi connectivity index (χ2n) is 12.7. The molecule has 0 radical (unpaired) electrons. The third kappa shape index (κ3) is 6.95. The number of amides is 2. The van der Waals surface area contributed by atoms with Gasteiger partial charge in [0, 0.05) is 37.3 Å². The molecule has 2 amide bonds. The number of fused-ring (bicyclic) bond motifs is 2. The lowest BCUT2D eigenvalue weighted by molar-refractivity contribution is -0.137. The minimum absolute atomic E-state index is 0.147. The zero-order valence-electron chi connectivity index (χ0n) is 24.5. The van der Waals surface area contributed by atoms with E-state index >= 15 is 0 Å². The average molecular weight is 545 g/mol. The van der Waals surface area contributed by atoms with Gasteiger partial charge in [-0.05, 0) is 94.1 Å². The van der Waals surface area contributed by atoms with Crippen molar-refractivity contribution in [3.05, 3.63) is 71.3 Å². The Morgan fingerprint density at radius 1 is 0.925 bits per heavy atom. The summed E-state index contributed by atoms with van der Waals surface area (Å²) in [6.45, 7) is 2.65. The zero-order valence-corrected chi connectivity index (χ0v) is 24.5. The summed E-state index contributed by atoms with van der Waals surface area (Å²) in [7, 11) is 4.09. The summed E-state index contributed by atoms with van der Waals surface area (Å²) in [6, 6.07) is 19.3. The first-order valence-corrected chi connectivity index (χ1v) is 15.5. The van der Waals surface area contributed by atoms with Crippen LogP contribution in [0.3, 0.4) is 0 Å². The summed E-state index contributed by atoms with van der Waals surface area (Å²) < 4.78 is 0. The smallest absolute Gasteiger partial charge is 0.248 e. The lowest BCUT2D eigenvalue weighted by Gasteiger charge is -2.41. The van der Waals surface area contributed by atoms with Crippen LogP contribution in [0.5, 0.6) is 0 Å². The summed E-state index contributed by atoms with van der Waals surface area (Å²) >= 11 is 0. The minimum atomic E-state index is -0.353. The number of nitrogens with two attached hydrogens (primary N) is 1. The highest BCUT2D eigenvalue weighted by Gasteiger charge is 2.41. The second kappa shape index (κ2) is 13.3. The minimum Gasteiger partial charge on any atom is -0.366 e. The summed E-state index contributed by atoms with van der Waals surface area (Å²) in [6.07, 6.45) is 11.8. The lowest BCUT2D eigenvalue weighted by atomic mass is 9.84. The van der Waals surface area contributed by atoms with Crippen LogP contribution in [0.4, 0.5) is 0 Å². The van der Waals surface area contributed by atoms with Crippen molar-refractivity contribution in [3.8, 4) is 0 Å². The molecule has 2 aromatic carbocycles.